The van der Waals surface area contributed by atoms with E-state index in [9.17, 15) is 14.9 Å². The number of nitro benzene ring substituents is 1. The molecule has 1 saturated heterocycles. The molecule has 1 heterocycles. The van der Waals surface area contributed by atoms with Gasteiger partial charge in [-0.15, -0.1) is 0 Å². The van der Waals surface area contributed by atoms with E-state index in [1.807, 2.05) is 24.3 Å². The highest BCUT2D eigenvalue weighted by molar-refractivity contribution is 6.30. The summed E-state index contributed by atoms with van der Waals surface area (Å²) < 4.78 is 0. The van der Waals surface area contributed by atoms with Crippen LogP contribution in [0.3, 0.4) is 0 Å². The summed E-state index contributed by atoms with van der Waals surface area (Å²) >= 11 is 5.91. The van der Waals surface area contributed by atoms with Crippen molar-refractivity contribution in [1.82, 2.24) is 4.90 Å². The van der Waals surface area contributed by atoms with Crippen LogP contribution in [0.4, 0.5) is 11.4 Å². The fourth-order valence-electron chi connectivity index (χ4n) is 2.85. The van der Waals surface area contributed by atoms with Gasteiger partial charge in [0.1, 0.15) is 0 Å². The molecule has 0 atom stereocenters. The van der Waals surface area contributed by atoms with E-state index >= 15 is 0 Å². The van der Waals surface area contributed by atoms with Crippen LogP contribution in [-0.4, -0.2) is 41.9 Å². The van der Waals surface area contributed by atoms with Crippen molar-refractivity contribution in [2.45, 2.75) is 0 Å². The van der Waals surface area contributed by atoms with Gasteiger partial charge < -0.3 is 9.80 Å². The summed E-state index contributed by atoms with van der Waals surface area (Å²) in [7, 11) is 0. The molecule has 1 amide bonds. The average molecular weight is 372 g/mol. The molecule has 3 rings (SSSR count). The molecule has 0 N–H and O–H groups in total. The minimum atomic E-state index is -0.449. The summed E-state index contributed by atoms with van der Waals surface area (Å²) in [4.78, 5) is 26.7. The molecule has 0 spiro atoms. The summed E-state index contributed by atoms with van der Waals surface area (Å²) in [5.41, 5.74) is 1.73. The van der Waals surface area contributed by atoms with Crippen LogP contribution in [0, 0.1) is 10.1 Å². The van der Waals surface area contributed by atoms with Crippen LogP contribution >= 0.6 is 11.6 Å². The fourth-order valence-corrected chi connectivity index (χ4v) is 2.98. The second-order valence-corrected chi connectivity index (χ2v) is 6.41. The lowest BCUT2D eigenvalue weighted by Crippen LogP contribution is -2.48. The molecule has 2 aromatic carbocycles. The quantitative estimate of drug-likeness (QED) is 0.468. The van der Waals surface area contributed by atoms with Crippen LogP contribution in [0.25, 0.3) is 6.08 Å². The standard InChI is InChI=1S/C19H18ClN3O3/c20-16-5-7-17(8-6-16)21-10-12-22(13-11-21)19(24)9-4-15-2-1-3-18(14-15)23(25)26/h1-9,14H,10-13H2/b9-4-. The molecular formula is C19H18ClN3O3. The van der Waals surface area contributed by atoms with Gasteiger partial charge in [0, 0.05) is 55.1 Å². The predicted molar refractivity (Wildman–Crippen MR) is 102 cm³/mol. The second-order valence-electron chi connectivity index (χ2n) is 5.97. The molecule has 0 aliphatic carbocycles. The number of anilines is 1. The van der Waals surface area contributed by atoms with Crippen molar-refractivity contribution >= 4 is 35.0 Å². The Hall–Kier alpha value is -2.86. The SMILES string of the molecule is O=C(/C=C\c1cccc([N+](=O)[O-])c1)N1CCN(c2ccc(Cl)cc2)CC1. The van der Waals surface area contributed by atoms with Crippen LogP contribution in [0.1, 0.15) is 5.56 Å². The van der Waals surface area contributed by atoms with Crippen LogP contribution < -0.4 is 4.90 Å². The number of carbonyl (C=O) groups is 1. The third kappa shape index (κ3) is 4.40. The number of nitrogens with zero attached hydrogens (tertiary/aromatic N) is 3. The first-order valence-electron chi connectivity index (χ1n) is 8.25. The number of piperazine rings is 1. The van der Waals surface area contributed by atoms with Gasteiger partial charge in [-0.05, 0) is 35.9 Å². The second kappa shape index (κ2) is 8.01. The molecular weight excluding hydrogens is 354 g/mol. The van der Waals surface area contributed by atoms with Gasteiger partial charge in [-0.1, -0.05) is 23.7 Å². The molecule has 134 valence electrons. The first-order valence-corrected chi connectivity index (χ1v) is 8.63. The monoisotopic (exact) mass is 371 g/mol. The van der Waals surface area contributed by atoms with Crippen molar-refractivity contribution in [2.75, 3.05) is 31.1 Å². The molecule has 0 saturated carbocycles. The van der Waals surface area contributed by atoms with E-state index in [1.165, 1.54) is 18.2 Å². The number of rotatable bonds is 4. The highest BCUT2D eigenvalue weighted by Crippen LogP contribution is 2.20. The molecule has 26 heavy (non-hydrogen) atoms. The lowest BCUT2D eigenvalue weighted by molar-refractivity contribution is -0.384. The third-order valence-corrected chi connectivity index (χ3v) is 4.53. The van der Waals surface area contributed by atoms with E-state index < -0.39 is 4.92 Å². The summed E-state index contributed by atoms with van der Waals surface area (Å²) in [6, 6.07) is 13.9. The normalized spacial score (nSPS) is 14.7. The lowest BCUT2D eigenvalue weighted by Gasteiger charge is -2.35. The minimum Gasteiger partial charge on any atom is -0.368 e. The van der Waals surface area contributed by atoms with Gasteiger partial charge in [0.2, 0.25) is 5.91 Å². The zero-order chi connectivity index (χ0) is 18.5. The third-order valence-electron chi connectivity index (χ3n) is 4.28. The van der Waals surface area contributed by atoms with Crippen molar-refractivity contribution in [3.8, 4) is 0 Å². The Morgan fingerprint density at radius 1 is 1.08 bits per heavy atom. The van der Waals surface area contributed by atoms with E-state index in [-0.39, 0.29) is 11.6 Å². The number of amides is 1. The molecule has 1 fully saturated rings. The number of non-ortho nitro benzene ring substituents is 1. The molecule has 6 nitrogen and oxygen atoms in total. The van der Waals surface area contributed by atoms with E-state index in [1.54, 1.807) is 23.1 Å². The van der Waals surface area contributed by atoms with Crippen LogP contribution in [0.15, 0.2) is 54.6 Å². The largest absolute Gasteiger partial charge is 0.368 e. The van der Waals surface area contributed by atoms with Crippen molar-refractivity contribution in [2.24, 2.45) is 0 Å². The van der Waals surface area contributed by atoms with Crippen LogP contribution in [0.2, 0.25) is 5.02 Å². The maximum atomic E-state index is 12.3. The van der Waals surface area contributed by atoms with Gasteiger partial charge in [0.15, 0.2) is 0 Å². The Bertz CT molecular complexity index is 828. The summed E-state index contributed by atoms with van der Waals surface area (Å²) in [5.74, 6) is -0.0905. The maximum Gasteiger partial charge on any atom is 0.270 e. The zero-order valence-corrected chi connectivity index (χ0v) is 14.8. The zero-order valence-electron chi connectivity index (χ0n) is 14.0. The van der Waals surface area contributed by atoms with Gasteiger partial charge in [-0.2, -0.15) is 0 Å². The van der Waals surface area contributed by atoms with Crippen molar-refractivity contribution in [3.05, 3.63) is 75.3 Å². The van der Waals surface area contributed by atoms with E-state index in [0.29, 0.717) is 23.7 Å². The molecule has 0 aromatic heterocycles. The minimum absolute atomic E-state index is 0.0103. The summed E-state index contributed by atoms with van der Waals surface area (Å²) in [6.45, 7) is 2.75. The molecule has 0 bridgehead atoms. The first kappa shape index (κ1) is 17.9. The molecule has 1 aliphatic rings. The number of hydrogen-bond donors (Lipinski definition) is 0. The molecule has 0 unspecified atom stereocenters. The predicted octanol–water partition coefficient (Wildman–Crippen LogP) is 3.61. The van der Waals surface area contributed by atoms with Crippen molar-refractivity contribution in [1.29, 1.82) is 0 Å². The van der Waals surface area contributed by atoms with E-state index in [0.717, 1.165) is 18.8 Å². The van der Waals surface area contributed by atoms with Gasteiger partial charge in [-0.3, -0.25) is 14.9 Å². The number of halogens is 1. The van der Waals surface area contributed by atoms with Gasteiger partial charge in [0.25, 0.3) is 5.69 Å². The van der Waals surface area contributed by atoms with E-state index in [4.69, 9.17) is 11.6 Å². The Morgan fingerprint density at radius 2 is 1.77 bits per heavy atom. The molecule has 7 heteroatoms. The smallest absolute Gasteiger partial charge is 0.270 e. The number of carbonyl (C=O) groups excluding carboxylic acids is 1. The Kier molecular flexibility index (Phi) is 5.53. The van der Waals surface area contributed by atoms with Gasteiger partial charge in [0.05, 0.1) is 4.92 Å². The molecule has 1 aliphatic heterocycles. The first-order chi connectivity index (χ1) is 12.5. The number of hydrogen-bond acceptors (Lipinski definition) is 4. The highest BCUT2D eigenvalue weighted by atomic mass is 35.5. The van der Waals surface area contributed by atoms with Crippen LogP contribution in [0.5, 0.6) is 0 Å². The summed E-state index contributed by atoms with van der Waals surface area (Å²) in [5, 5.41) is 11.5. The summed E-state index contributed by atoms with van der Waals surface area (Å²) in [6.07, 6.45) is 3.08. The topological polar surface area (TPSA) is 66.7 Å². The Balaban J connectivity index is 1.57. The van der Waals surface area contributed by atoms with Gasteiger partial charge in [-0.25, -0.2) is 0 Å². The Labute approximate surface area is 156 Å². The Morgan fingerprint density at radius 3 is 2.42 bits per heavy atom. The van der Waals surface area contributed by atoms with Crippen LogP contribution in [-0.2, 0) is 4.79 Å². The highest BCUT2D eigenvalue weighted by Gasteiger charge is 2.19. The average Bonchev–Trinajstić information content (AvgIpc) is 2.67. The van der Waals surface area contributed by atoms with Crippen molar-refractivity contribution < 1.29 is 9.72 Å². The fraction of sp³-hybridized carbons (Fsp3) is 0.211. The molecule has 2 aromatic rings. The number of benzene rings is 2. The molecule has 0 radical (unpaired) electrons. The van der Waals surface area contributed by atoms with E-state index in [2.05, 4.69) is 4.90 Å². The van der Waals surface area contributed by atoms with Gasteiger partial charge >= 0.3 is 0 Å². The number of nitro groups is 1. The van der Waals surface area contributed by atoms with Crippen molar-refractivity contribution in [3.63, 3.8) is 0 Å². The maximum absolute atomic E-state index is 12.3. The lowest BCUT2D eigenvalue weighted by atomic mass is 10.2.